The highest BCUT2D eigenvalue weighted by atomic mass is 16.5. The van der Waals surface area contributed by atoms with E-state index in [1.165, 1.54) is 5.56 Å². The molecule has 0 saturated carbocycles. The molecule has 21 heavy (non-hydrogen) atoms. The number of nitrogens with one attached hydrogen (secondary N) is 1. The Morgan fingerprint density at radius 3 is 2.48 bits per heavy atom. The zero-order valence-corrected chi connectivity index (χ0v) is 14.7. The molecule has 4 nitrogen and oxygen atoms in total. The lowest BCUT2D eigenvalue weighted by molar-refractivity contribution is 0.0845. The number of aryl methyl sites for hydroxylation is 1. The summed E-state index contributed by atoms with van der Waals surface area (Å²) in [5.41, 5.74) is 2.46. The molecule has 1 rings (SSSR count). The first-order valence-corrected chi connectivity index (χ1v) is 7.73. The van der Waals surface area contributed by atoms with Crippen LogP contribution < -0.4 is 10.2 Å². The minimum absolute atomic E-state index is 0.121. The van der Waals surface area contributed by atoms with E-state index in [0.717, 1.165) is 31.2 Å². The van der Waals surface area contributed by atoms with Crippen LogP contribution in [-0.4, -0.2) is 36.8 Å². The maximum Gasteiger partial charge on any atom is 0.128 e. The number of hydrogen-bond donors (Lipinski definition) is 1. The Bertz CT molecular complexity index is 438. The molecular weight excluding hydrogens is 262 g/mol. The molecule has 0 unspecified atom stereocenters. The average molecular weight is 293 g/mol. The van der Waals surface area contributed by atoms with Crippen molar-refractivity contribution in [1.82, 2.24) is 10.3 Å². The molecule has 0 saturated heterocycles. The lowest BCUT2D eigenvalue weighted by atomic mass is 10.1. The van der Waals surface area contributed by atoms with Gasteiger partial charge >= 0.3 is 0 Å². The van der Waals surface area contributed by atoms with Gasteiger partial charge in [-0.25, -0.2) is 4.98 Å². The molecule has 1 aromatic rings. The third kappa shape index (κ3) is 6.91. The molecule has 0 aliphatic carbocycles. The minimum atomic E-state index is 0.121. The number of nitrogens with zero attached hydrogens (tertiary/aromatic N) is 2. The molecule has 120 valence electrons. The van der Waals surface area contributed by atoms with Crippen LogP contribution in [0.5, 0.6) is 0 Å². The third-order valence-corrected chi connectivity index (χ3v) is 3.26. The van der Waals surface area contributed by atoms with Crippen molar-refractivity contribution < 1.29 is 4.74 Å². The van der Waals surface area contributed by atoms with E-state index in [1.54, 1.807) is 0 Å². The topological polar surface area (TPSA) is 37.4 Å². The standard InChI is InChI=1S/C17H31N3O/c1-13(2)21-11-10-20(7)16-9-8-15(14(3)19-16)12-18-17(4,5)6/h8-9,13,18H,10-12H2,1-7H3. The molecule has 0 spiro atoms. The zero-order valence-electron chi connectivity index (χ0n) is 14.7. The molecule has 0 aromatic carbocycles. The van der Waals surface area contributed by atoms with Crippen LogP contribution >= 0.6 is 0 Å². The lowest BCUT2D eigenvalue weighted by Gasteiger charge is -2.23. The fourth-order valence-corrected chi connectivity index (χ4v) is 1.88. The minimum Gasteiger partial charge on any atom is -0.377 e. The van der Waals surface area contributed by atoms with Gasteiger partial charge in [0, 0.05) is 31.4 Å². The maximum absolute atomic E-state index is 5.58. The van der Waals surface area contributed by atoms with E-state index in [1.807, 2.05) is 0 Å². The first-order chi connectivity index (χ1) is 9.69. The van der Waals surface area contributed by atoms with Crippen LogP contribution in [0.3, 0.4) is 0 Å². The van der Waals surface area contributed by atoms with Crippen molar-refractivity contribution in [3.63, 3.8) is 0 Å². The largest absolute Gasteiger partial charge is 0.377 e. The number of pyridine rings is 1. The molecule has 0 atom stereocenters. The molecular formula is C17H31N3O. The molecule has 0 aliphatic heterocycles. The number of rotatable bonds is 7. The summed E-state index contributed by atoms with van der Waals surface area (Å²) >= 11 is 0. The molecule has 0 radical (unpaired) electrons. The van der Waals surface area contributed by atoms with Gasteiger partial charge in [-0.3, -0.25) is 0 Å². The monoisotopic (exact) mass is 293 g/mol. The van der Waals surface area contributed by atoms with Crippen molar-refractivity contribution in [3.05, 3.63) is 23.4 Å². The number of ether oxygens (including phenoxy) is 1. The van der Waals surface area contributed by atoms with Crippen LogP contribution in [0, 0.1) is 6.92 Å². The Kier molecular flexibility index (Phi) is 6.62. The molecule has 1 aromatic heterocycles. The number of hydrogen-bond acceptors (Lipinski definition) is 4. The summed E-state index contributed by atoms with van der Waals surface area (Å²) in [7, 11) is 2.05. The highest BCUT2D eigenvalue weighted by Gasteiger charge is 2.11. The van der Waals surface area contributed by atoms with Gasteiger partial charge in [0.15, 0.2) is 0 Å². The van der Waals surface area contributed by atoms with Gasteiger partial charge < -0.3 is 15.0 Å². The number of aromatic nitrogens is 1. The summed E-state index contributed by atoms with van der Waals surface area (Å²) in [6.45, 7) is 15.1. The Morgan fingerprint density at radius 2 is 1.95 bits per heavy atom. The van der Waals surface area contributed by atoms with Gasteiger partial charge in [0.1, 0.15) is 5.82 Å². The van der Waals surface area contributed by atoms with Crippen molar-refractivity contribution in [2.75, 3.05) is 25.1 Å². The molecule has 0 amide bonds. The predicted molar refractivity (Wildman–Crippen MR) is 89.9 cm³/mol. The summed E-state index contributed by atoms with van der Waals surface area (Å²) in [6.07, 6.45) is 0.277. The normalized spacial score (nSPS) is 12.0. The van der Waals surface area contributed by atoms with E-state index in [2.05, 4.69) is 70.9 Å². The van der Waals surface area contributed by atoms with E-state index >= 15 is 0 Å². The van der Waals surface area contributed by atoms with E-state index in [4.69, 9.17) is 9.72 Å². The molecule has 4 heteroatoms. The average Bonchev–Trinajstić information content (AvgIpc) is 2.35. The summed E-state index contributed by atoms with van der Waals surface area (Å²) in [5.74, 6) is 0.999. The molecule has 0 aliphatic rings. The molecule has 0 fully saturated rings. The Morgan fingerprint density at radius 1 is 1.29 bits per heavy atom. The maximum atomic E-state index is 5.58. The van der Waals surface area contributed by atoms with Crippen LogP contribution in [0.1, 0.15) is 45.9 Å². The molecule has 0 bridgehead atoms. The van der Waals surface area contributed by atoms with E-state index < -0.39 is 0 Å². The lowest BCUT2D eigenvalue weighted by Crippen LogP contribution is -2.35. The van der Waals surface area contributed by atoms with E-state index in [0.29, 0.717) is 0 Å². The summed E-state index contributed by atoms with van der Waals surface area (Å²) in [6, 6.07) is 4.25. The van der Waals surface area contributed by atoms with Gasteiger partial charge in [0.25, 0.3) is 0 Å². The molecule has 1 heterocycles. The highest BCUT2D eigenvalue weighted by molar-refractivity contribution is 5.40. The van der Waals surface area contributed by atoms with Crippen LogP contribution in [0.4, 0.5) is 5.82 Å². The fraction of sp³-hybridized carbons (Fsp3) is 0.706. The number of anilines is 1. The Hall–Kier alpha value is -1.13. The van der Waals surface area contributed by atoms with E-state index in [-0.39, 0.29) is 11.6 Å². The number of likely N-dealkylation sites (N-methyl/N-ethyl adjacent to an activating group) is 1. The first-order valence-electron chi connectivity index (χ1n) is 7.73. The van der Waals surface area contributed by atoms with E-state index in [9.17, 15) is 0 Å². The van der Waals surface area contributed by atoms with Gasteiger partial charge in [0.2, 0.25) is 0 Å². The highest BCUT2D eigenvalue weighted by Crippen LogP contribution is 2.14. The van der Waals surface area contributed by atoms with Gasteiger partial charge in [-0.05, 0) is 53.2 Å². The van der Waals surface area contributed by atoms with Crippen LogP contribution in [0.25, 0.3) is 0 Å². The second-order valence-electron chi connectivity index (χ2n) is 6.86. The SMILES string of the molecule is Cc1nc(N(C)CCOC(C)C)ccc1CNC(C)(C)C. The van der Waals surface area contributed by atoms with Crippen molar-refractivity contribution in [3.8, 4) is 0 Å². The van der Waals surface area contributed by atoms with Gasteiger partial charge in [-0.15, -0.1) is 0 Å². The van der Waals surface area contributed by atoms with Gasteiger partial charge in [0.05, 0.1) is 12.7 Å². The first kappa shape index (κ1) is 17.9. The van der Waals surface area contributed by atoms with Crippen LogP contribution in [0.15, 0.2) is 12.1 Å². The van der Waals surface area contributed by atoms with Gasteiger partial charge in [-0.2, -0.15) is 0 Å². The van der Waals surface area contributed by atoms with Crippen LogP contribution in [0.2, 0.25) is 0 Å². The van der Waals surface area contributed by atoms with Crippen molar-refractivity contribution in [2.45, 2.75) is 59.7 Å². The van der Waals surface area contributed by atoms with Crippen LogP contribution in [-0.2, 0) is 11.3 Å². The fourth-order valence-electron chi connectivity index (χ4n) is 1.88. The smallest absolute Gasteiger partial charge is 0.128 e. The zero-order chi connectivity index (χ0) is 16.0. The summed E-state index contributed by atoms with van der Waals surface area (Å²) in [5, 5.41) is 3.50. The predicted octanol–water partition coefficient (Wildman–Crippen LogP) is 3.14. The third-order valence-electron chi connectivity index (χ3n) is 3.26. The summed E-state index contributed by atoms with van der Waals surface area (Å²) < 4.78 is 5.58. The second kappa shape index (κ2) is 7.76. The van der Waals surface area contributed by atoms with Gasteiger partial charge in [-0.1, -0.05) is 6.07 Å². The quantitative estimate of drug-likeness (QED) is 0.838. The second-order valence-corrected chi connectivity index (χ2v) is 6.86. The van der Waals surface area contributed by atoms with Crippen molar-refractivity contribution >= 4 is 5.82 Å². The van der Waals surface area contributed by atoms with Crippen molar-refractivity contribution in [2.24, 2.45) is 0 Å². The molecule has 1 N–H and O–H groups in total. The Balaban J connectivity index is 2.60. The van der Waals surface area contributed by atoms with Crippen molar-refractivity contribution in [1.29, 1.82) is 0 Å². The Labute approximate surface area is 129 Å². The summed E-state index contributed by atoms with van der Waals surface area (Å²) in [4.78, 5) is 6.84.